The van der Waals surface area contributed by atoms with Gasteiger partial charge in [-0.2, -0.15) is 0 Å². The molecule has 1 N–H and O–H groups in total. The highest BCUT2D eigenvalue weighted by atomic mass is 16.5. The molecule has 1 fully saturated rings. The molecule has 3 aromatic rings. The van der Waals surface area contributed by atoms with Crippen molar-refractivity contribution in [2.75, 3.05) is 6.54 Å². The lowest BCUT2D eigenvalue weighted by atomic mass is 10.1. The van der Waals surface area contributed by atoms with E-state index in [0.717, 1.165) is 6.54 Å². The summed E-state index contributed by atoms with van der Waals surface area (Å²) in [5.41, 5.74) is 3.54. The van der Waals surface area contributed by atoms with Crippen LogP contribution in [-0.4, -0.2) is 24.8 Å². The van der Waals surface area contributed by atoms with Crippen molar-refractivity contribution >= 4 is 6.08 Å². The maximum absolute atomic E-state index is 6.35. The fourth-order valence-corrected chi connectivity index (χ4v) is 3.58. The molecule has 0 unspecified atom stereocenters. The Hall–Kier alpha value is -2.72. The Morgan fingerprint density at radius 1 is 0.724 bits per heavy atom. The summed E-state index contributed by atoms with van der Waals surface area (Å²) in [5.74, 6) is 0. The summed E-state index contributed by atoms with van der Waals surface area (Å²) in [6.07, 6.45) is 4.30. The zero-order valence-corrected chi connectivity index (χ0v) is 16.5. The molecule has 0 saturated carbocycles. The maximum atomic E-state index is 6.35. The number of ether oxygens (including phenoxy) is 2. The topological polar surface area (TPSA) is 30.5 Å². The molecular formula is C26H27NO2. The van der Waals surface area contributed by atoms with Crippen LogP contribution in [0, 0.1) is 0 Å². The molecule has 1 saturated heterocycles. The zero-order valence-electron chi connectivity index (χ0n) is 16.5. The number of nitrogens with one attached hydrogen (secondary N) is 1. The van der Waals surface area contributed by atoms with Crippen LogP contribution in [-0.2, 0) is 22.7 Å². The van der Waals surface area contributed by atoms with E-state index in [1.165, 1.54) is 16.7 Å². The van der Waals surface area contributed by atoms with Gasteiger partial charge in [-0.3, -0.25) is 0 Å². The molecule has 1 aliphatic rings. The SMILES string of the molecule is C(=C/[C@H]1NC[C@@H](OCc2ccccc2)[C@@H]1OCc1ccccc1)/c1ccccc1. The van der Waals surface area contributed by atoms with Crippen LogP contribution >= 0.6 is 0 Å². The third-order valence-corrected chi connectivity index (χ3v) is 5.16. The van der Waals surface area contributed by atoms with Crippen molar-refractivity contribution < 1.29 is 9.47 Å². The van der Waals surface area contributed by atoms with Crippen LogP contribution in [0.2, 0.25) is 0 Å². The second kappa shape index (κ2) is 10.2. The van der Waals surface area contributed by atoms with E-state index in [1.807, 2.05) is 42.5 Å². The van der Waals surface area contributed by atoms with Gasteiger partial charge in [-0.1, -0.05) is 103 Å². The Balaban J connectivity index is 1.43. The van der Waals surface area contributed by atoms with Gasteiger partial charge in [0.2, 0.25) is 0 Å². The molecule has 0 bridgehead atoms. The quantitative estimate of drug-likeness (QED) is 0.602. The summed E-state index contributed by atoms with van der Waals surface area (Å²) >= 11 is 0. The maximum Gasteiger partial charge on any atom is 0.104 e. The second-order valence-corrected chi connectivity index (χ2v) is 7.30. The largest absolute Gasteiger partial charge is 0.369 e. The molecule has 3 aromatic carbocycles. The van der Waals surface area contributed by atoms with E-state index in [9.17, 15) is 0 Å². The first kappa shape index (κ1) is 19.6. The molecule has 0 aliphatic carbocycles. The second-order valence-electron chi connectivity index (χ2n) is 7.30. The molecule has 0 aromatic heterocycles. The van der Waals surface area contributed by atoms with Crippen molar-refractivity contribution in [2.45, 2.75) is 31.5 Å². The van der Waals surface area contributed by atoms with Gasteiger partial charge in [0.1, 0.15) is 6.10 Å². The normalized spacial score (nSPS) is 21.6. The predicted molar refractivity (Wildman–Crippen MR) is 117 cm³/mol. The minimum absolute atomic E-state index is 0.00402. The number of hydrogen-bond donors (Lipinski definition) is 1. The van der Waals surface area contributed by atoms with E-state index < -0.39 is 0 Å². The first-order valence-corrected chi connectivity index (χ1v) is 10.2. The van der Waals surface area contributed by atoms with Gasteiger partial charge in [-0.05, 0) is 16.7 Å². The molecule has 29 heavy (non-hydrogen) atoms. The number of hydrogen-bond acceptors (Lipinski definition) is 3. The van der Waals surface area contributed by atoms with Crippen molar-refractivity contribution in [3.05, 3.63) is 114 Å². The van der Waals surface area contributed by atoms with E-state index in [2.05, 4.69) is 66.0 Å². The van der Waals surface area contributed by atoms with Gasteiger partial charge in [0.15, 0.2) is 0 Å². The standard InChI is InChI=1S/C26H27NO2/c1-4-10-21(11-5-1)16-17-24-26(29-20-23-14-8-3-9-15-23)25(18-27-24)28-19-22-12-6-2-7-13-22/h1-17,24-27H,18-20H2/b17-16-/t24-,25-,26-/m1/s1. The average Bonchev–Trinajstić information content (AvgIpc) is 3.18. The third-order valence-electron chi connectivity index (χ3n) is 5.16. The van der Waals surface area contributed by atoms with E-state index >= 15 is 0 Å². The fourth-order valence-electron chi connectivity index (χ4n) is 3.58. The molecule has 0 spiro atoms. The average molecular weight is 386 g/mol. The summed E-state index contributed by atoms with van der Waals surface area (Å²) in [6.45, 7) is 1.94. The predicted octanol–water partition coefficient (Wildman–Crippen LogP) is 4.84. The van der Waals surface area contributed by atoms with Crippen molar-refractivity contribution in [1.29, 1.82) is 0 Å². The first-order valence-electron chi connectivity index (χ1n) is 10.2. The van der Waals surface area contributed by atoms with Gasteiger partial charge in [0.25, 0.3) is 0 Å². The Morgan fingerprint density at radius 2 is 1.28 bits per heavy atom. The van der Waals surface area contributed by atoms with Gasteiger partial charge in [0, 0.05) is 6.54 Å². The highest BCUT2D eigenvalue weighted by Crippen LogP contribution is 2.21. The van der Waals surface area contributed by atoms with Crippen LogP contribution in [0.15, 0.2) is 97.1 Å². The van der Waals surface area contributed by atoms with Gasteiger partial charge in [0.05, 0.1) is 25.4 Å². The van der Waals surface area contributed by atoms with Crippen LogP contribution in [0.25, 0.3) is 6.08 Å². The van der Waals surface area contributed by atoms with Crippen LogP contribution < -0.4 is 5.32 Å². The Kier molecular flexibility index (Phi) is 6.87. The summed E-state index contributed by atoms with van der Waals surface area (Å²) in [7, 11) is 0. The first-order chi connectivity index (χ1) is 14.4. The summed E-state index contributed by atoms with van der Waals surface area (Å²) in [6, 6.07) is 31.1. The summed E-state index contributed by atoms with van der Waals surface area (Å²) in [4.78, 5) is 0. The third kappa shape index (κ3) is 5.64. The number of benzene rings is 3. The highest BCUT2D eigenvalue weighted by Gasteiger charge is 2.36. The minimum atomic E-state index is -0.0427. The Bertz CT molecular complexity index is 880. The van der Waals surface area contributed by atoms with Crippen LogP contribution in [0.1, 0.15) is 16.7 Å². The number of rotatable bonds is 8. The van der Waals surface area contributed by atoms with E-state index in [0.29, 0.717) is 13.2 Å². The molecule has 148 valence electrons. The molecule has 3 atom stereocenters. The van der Waals surface area contributed by atoms with Crippen molar-refractivity contribution in [1.82, 2.24) is 5.32 Å². The molecule has 3 nitrogen and oxygen atoms in total. The molecule has 1 heterocycles. The smallest absolute Gasteiger partial charge is 0.104 e. The van der Waals surface area contributed by atoms with Gasteiger partial charge in [-0.15, -0.1) is 0 Å². The Labute approximate surface area is 173 Å². The van der Waals surface area contributed by atoms with Crippen molar-refractivity contribution in [2.24, 2.45) is 0 Å². The van der Waals surface area contributed by atoms with Crippen LogP contribution in [0.4, 0.5) is 0 Å². The lowest BCUT2D eigenvalue weighted by Gasteiger charge is -2.23. The minimum Gasteiger partial charge on any atom is -0.369 e. The summed E-state index contributed by atoms with van der Waals surface area (Å²) in [5, 5.41) is 3.56. The summed E-state index contributed by atoms with van der Waals surface area (Å²) < 4.78 is 12.6. The molecular weight excluding hydrogens is 358 g/mol. The molecule has 1 aliphatic heterocycles. The van der Waals surface area contributed by atoms with Crippen molar-refractivity contribution in [3.8, 4) is 0 Å². The van der Waals surface area contributed by atoms with E-state index in [-0.39, 0.29) is 18.2 Å². The zero-order chi connectivity index (χ0) is 19.7. The monoisotopic (exact) mass is 385 g/mol. The van der Waals surface area contributed by atoms with E-state index in [4.69, 9.17) is 9.47 Å². The highest BCUT2D eigenvalue weighted by molar-refractivity contribution is 5.49. The van der Waals surface area contributed by atoms with E-state index in [1.54, 1.807) is 0 Å². The van der Waals surface area contributed by atoms with Gasteiger partial charge in [-0.25, -0.2) is 0 Å². The van der Waals surface area contributed by atoms with Gasteiger partial charge >= 0.3 is 0 Å². The molecule has 3 heteroatoms. The lowest BCUT2D eigenvalue weighted by Crippen LogP contribution is -2.35. The van der Waals surface area contributed by atoms with Crippen molar-refractivity contribution in [3.63, 3.8) is 0 Å². The van der Waals surface area contributed by atoms with Crippen LogP contribution in [0.3, 0.4) is 0 Å². The fraction of sp³-hybridized carbons (Fsp3) is 0.231. The molecule has 4 rings (SSSR count). The Morgan fingerprint density at radius 3 is 1.90 bits per heavy atom. The van der Waals surface area contributed by atoms with Gasteiger partial charge < -0.3 is 14.8 Å². The molecule has 0 amide bonds. The van der Waals surface area contributed by atoms with Crippen LogP contribution in [0.5, 0.6) is 0 Å². The molecule has 0 radical (unpaired) electrons. The lowest BCUT2D eigenvalue weighted by molar-refractivity contribution is -0.0655.